The number of halogens is 1. The zero-order chi connectivity index (χ0) is 21.3. The molecule has 4 heterocycles. The van der Waals surface area contributed by atoms with Crippen molar-refractivity contribution in [3.05, 3.63) is 41.4 Å². The molecule has 0 amide bonds. The summed E-state index contributed by atoms with van der Waals surface area (Å²) in [5.41, 5.74) is 3.49. The second-order valence-corrected chi connectivity index (χ2v) is 8.94. The summed E-state index contributed by atoms with van der Waals surface area (Å²) in [7, 11) is 0. The largest absolute Gasteiger partial charge is 0.394 e. The van der Waals surface area contributed by atoms with Crippen molar-refractivity contribution in [3.8, 4) is 0 Å². The Balaban J connectivity index is 1.47. The molecular formula is C21H22ClN5O4. The van der Waals surface area contributed by atoms with Gasteiger partial charge in [-0.3, -0.25) is 4.57 Å². The smallest absolute Gasteiger partial charge is 0.226 e. The van der Waals surface area contributed by atoms with Crippen molar-refractivity contribution < 1.29 is 20.1 Å². The quantitative estimate of drug-likeness (QED) is 0.523. The monoisotopic (exact) mass is 443 g/mol. The van der Waals surface area contributed by atoms with Crippen LogP contribution in [-0.2, 0) is 10.2 Å². The number of fused-ring (bicyclic) bond motifs is 3. The van der Waals surface area contributed by atoms with E-state index in [1.807, 2.05) is 6.07 Å². The van der Waals surface area contributed by atoms with Crippen LogP contribution in [0.2, 0.25) is 5.28 Å². The highest BCUT2D eigenvalue weighted by Gasteiger charge is 2.48. The summed E-state index contributed by atoms with van der Waals surface area (Å²) >= 11 is 6.32. The molecule has 1 saturated heterocycles. The van der Waals surface area contributed by atoms with Gasteiger partial charge in [0.05, 0.1) is 12.9 Å². The molecule has 1 spiro atoms. The van der Waals surface area contributed by atoms with Crippen molar-refractivity contribution in [2.75, 3.05) is 18.1 Å². The number of ether oxygens (including phenoxy) is 1. The van der Waals surface area contributed by atoms with Crippen LogP contribution in [0.4, 0.5) is 11.5 Å². The van der Waals surface area contributed by atoms with E-state index in [9.17, 15) is 15.3 Å². The fourth-order valence-corrected chi connectivity index (χ4v) is 5.37. The third-order valence-corrected chi connectivity index (χ3v) is 7.13. The minimum absolute atomic E-state index is 0.0584. The second-order valence-electron chi connectivity index (χ2n) is 8.61. The van der Waals surface area contributed by atoms with Crippen molar-refractivity contribution in [2.45, 2.75) is 49.2 Å². The molecule has 0 bridgehead atoms. The molecule has 1 aliphatic carbocycles. The number of hydrogen-bond donors (Lipinski definition) is 3. The van der Waals surface area contributed by atoms with Crippen molar-refractivity contribution in [1.82, 2.24) is 19.5 Å². The predicted octanol–water partition coefficient (Wildman–Crippen LogP) is 1.66. The average molecular weight is 444 g/mol. The topological polar surface area (TPSA) is 117 Å². The molecule has 3 aliphatic rings. The van der Waals surface area contributed by atoms with Gasteiger partial charge in [-0.2, -0.15) is 9.97 Å². The molecule has 6 rings (SSSR count). The molecule has 2 fully saturated rings. The van der Waals surface area contributed by atoms with Gasteiger partial charge in [0, 0.05) is 17.6 Å². The molecule has 1 aromatic carbocycles. The summed E-state index contributed by atoms with van der Waals surface area (Å²) in [6, 6.07) is 8.36. The molecule has 3 N–H and O–H groups in total. The van der Waals surface area contributed by atoms with E-state index in [4.69, 9.17) is 16.3 Å². The SMILES string of the molecule is OC[C@H]1O[C@@H](n2cnc3c(N4CC5(CCC5)c5ccccc54)nc(Cl)nc32)C(O)C1O. The number of para-hydroxylation sites is 1. The molecule has 31 heavy (non-hydrogen) atoms. The van der Waals surface area contributed by atoms with Crippen LogP contribution in [0, 0.1) is 0 Å². The highest BCUT2D eigenvalue weighted by Crippen LogP contribution is 2.54. The van der Waals surface area contributed by atoms with E-state index in [2.05, 4.69) is 38.1 Å². The van der Waals surface area contributed by atoms with E-state index in [1.165, 1.54) is 22.9 Å². The number of aliphatic hydroxyl groups excluding tert-OH is 3. The molecule has 10 heteroatoms. The molecular weight excluding hydrogens is 422 g/mol. The minimum Gasteiger partial charge on any atom is -0.394 e. The summed E-state index contributed by atoms with van der Waals surface area (Å²) in [5, 5.41) is 30.1. The average Bonchev–Trinajstić information content (AvgIpc) is 3.40. The Morgan fingerprint density at radius 2 is 1.97 bits per heavy atom. The van der Waals surface area contributed by atoms with Gasteiger partial charge in [-0.1, -0.05) is 24.6 Å². The van der Waals surface area contributed by atoms with E-state index in [-0.39, 0.29) is 10.7 Å². The van der Waals surface area contributed by atoms with Gasteiger partial charge in [-0.05, 0) is 36.1 Å². The van der Waals surface area contributed by atoms with Crippen LogP contribution in [0.5, 0.6) is 0 Å². The normalized spacial score (nSPS) is 29.0. The lowest BCUT2D eigenvalue weighted by Crippen LogP contribution is -2.38. The van der Waals surface area contributed by atoms with Gasteiger partial charge in [0.1, 0.15) is 18.3 Å². The third kappa shape index (κ3) is 2.68. The third-order valence-electron chi connectivity index (χ3n) is 6.96. The highest BCUT2D eigenvalue weighted by atomic mass is 35.5. The van der Waals surface area contributed by atoms with Crippen molar-refractivity contribution >= 4 is 34.3 Å². The van der Waals surface area contributed by atoms with E-state index in [0.717, 1.165) is 25.1 Å². The fourth-order valence-electron chi connectivity index (χ4n) is 5.21. The maximum Gasteiger partial charge on any atom is 0.226 e. The number of aliphatic hydroxyl groups is 3. The molecule has 4 atom stereocenters. The van der Waals surface area contributed by atoms with Gasteiger partial charge < -0.3 is 25.0 Å². The molecule has 3 aromatic rings. The van der Waals surface area contributed by atoms with E-state index >= 15 is 0 Å². The molecule has 1 saturated carbocycles. The molecule has 9 nitrogen and oxygen atoms in total. The number of aromatic nitrogens is 4. The Hall–Kier alpha value is -2.30. The van der Waals surface area contributed by atoms with Crippen LogP contribution in [0.1, 0.15) is 31.1 Å². The number of anilines is 2. The summed E-state index contributed by atoms with van der Waals surface area (Å²) < 4.78 is 7.20. The number of benzene rings is 1. The maximum absolute atomic E-state index is 10.5. The summed E-state index contributed by atoms with van der Waals surface area (Å²) in [5.74, 6) is 0.608. The fraction of sp³-hybridized carbons (Fsp3) is 0.476. The molecule has 2 aromatic heterocycles. The van der Waals surface area contributed by atoms with E-state index in [1.54, 1.807) is 0 Å². The van der Waals surface area contributed by atoms with Gasteiger partial charge in [0.25, 0.3) is 0 Å². The Bertz CT molecular complexity index is 1170. The number of hydrogen-bond acceptors (Lipinski definition) is 8. The molecule has 0 radical (unpaired) electrons. The summed E-state index contributed by atoms with van der Waals surface area (Å²) in [6.45, 7) is 0.393. The summed E-state index contributed by atoms with van der Waals surface area (Å²) in [4.78, 5) is 15.5. The van der Waals surface area contributed by atoms with Gasteiger partial charge in [0.2, 0.25) is 5.28 Å². The van der Waals surface area contributed by atoms with Crippen LogP contribution in [0.15, 0.2) is 30.6 Å². The van der Waals surface area contributed by atoms with Crippen molar-refractivity contribution in [1.29, 1.82) is 0 Å². The molecule has 162 valence electrons. The number of rotatable bonds is 3. The van der Waals surface area contributed by atoms with Crippen LogP contribution < -0.4 is 4.90 Å². The van der Waals surface area contributed by atoms with E-state index < -0.39 is 31.1 Å². The Morgan fingerprint density at radius 1 is 1.16 bits per heavy atom. The number of imidazole rings is 1. The van der Waals surface area contributed by atoms with Crippen LogP contribution in [-0.4, -0.2) is 66.3 Å². The van der Waals surface area contributed by atoms with Gasteiger partial charge >= 0.3 is 0 Å². The van der Waals surface area contributed by atoms with Crippen LogP contribution >= 0.6 is 11.6 Å². The standard InChI is InChI=1S/C21H22ClN5O4/c22-20-24-17(26-9-21(6-3-7-21)11-4-1-2-5-12(11)26)14-18(25-20)27(10-23-14)19-16(30)15(29)13(8-28)31-19/h1-2,4-5,10,13,15-16,19,28-30H,3,6-9H2/t13-,15?,16?,19-/m1/s1. The lowest BCUT2D eigenvalue weighted by molar-refractivity contribution is -0.0511. The first-order valence-corrected chi connectivity index (χ1v) is 10.8. The lowest BCUT2D eigenvalue weighted by Gasteiger charge is -2.39. The predicted molar refractivity (Wildman–Crippen MR) is 112 cm³/mol. The first kappa shape index (κ1) is 19.4. The van der Waals surface area contributed by atoms with Crippen LogP contribution in [0.25, 0.3) is 11.2 Å². The molecule has 2 aliphatic heterocycles. The van der Waals surface area contributed by atoms with E-state index in [0.29, 0.717) is 17.0 Å². The minimum atomic E-state index is -1.24. The zero-order valence-electron chi connectivity index (χ0n) is 16.6. The van der Waals surface area contributed by atoms with Crippen LogP contribution in [0.3, 0.4) is 0 Å². The lowest BCUT2D eigenvalue weighted by atomic mass is 9.66. The zero-order valence-corrected chi connectivity index (χ0v) is 17.4. The number of nitrogens with zero attached hydrogens (tertiary/aromatic N) is 5. The van der Waals surface area contributed by atoms with Crippen molar-refractivity contribution in [2.24, 2.45) is 0 Å². The second kappa shape index (κ2) is 6.85. The highest BCUT2D eigenvalue weighted by molar-refractivity contribution is 6.28. The Kier molecular flexibility index (Phi) is 4.28. The Labute approximate surface area is 182 Å². The first-order chi connectivity index (χ1) is 15.0. The van der Waals surface area contributed by atoms with Gasteiger partial charge in [-0.15, -0.1) is 0 Å². The van der Waals surface area contributed by atoms with Gasteiger partial charge in [0.15, 0.2) is 23.2 Å². The molecule has 2 unspecified atom stereocenters. The summed E-state index contributed by atoms with van der Waals surface area (Å²) in [6.07, 6.45) is 0.699. The van der Waals surface area contributed by atoms with Gasteiger partial charge in [-0.25, -0.2) is 4.98 Å². The Morgan fingerprint density at radius 3 is 2.68 bits per heavy atom. The maximum atomic E-state index is 10.5. The first-order valence-electron chi connectivity index (χ1n) is 10.4. The van der Waals surface area contributed by atoms with Crippen molar-refractivity contribution in [3.63, 3.8) is 0 Å².